The normalized spacial score (nSPS) is 10.8. The van der Waals surface area contributed by atoms with Gasteiger partial charge < -0.3 is 4.74 Å². The SMILES string of the molecule is COc1ccc(/C=C/Cc2ccc(Br)cc2)c(=O)[nH]1. The molecule has 1 aromatic carbocycles. The highest BCUT2D eigenvalue weighted by atomic mass is 79.9. The topological polar surface area (TPSA) is 42.1 Å². The summed E-state index contributed by atoms with van der Waals surface area (Å²) >= 11 is 3.40. The Morgan fingerprint density at radius 2 is 1.95 bits per heavy atom. The molecule has 0 spiro atoms. The lowest BCUT2D eigenvalue weighted by Gasteiger charge is -1.99. The van der Waals surface area contributed by atoms with Gasteiger partial charge in [0.25, 0.3) is 5.56 Å². The Morgan fingerprint density at radius 1 is 1.21 bits per heavy atom. The molecule has 0 unspecified atom stereocenters. The number of aromatic amines is 1. The van der Waals surface area contributed by atoms with E-state index in [1.807, 2.05) is 36.4 Å². The van der Waals surface area contributed by atoms with Gasteiger partial charge in [0.1, 0.15) is 0 Å². The fourth-order valence-electron chi connectivity index (χ4n) is 1.66. The minimum absolute atomic E-state index is 0.147. The van der Waals surface area contributed by atoms with E-state index < -0.39 is 0 Å². The zero-order valence-electron chi connectivity index (χ0n) is 10.5. The monoisotopic (exact) mass is 319 g/mol. The van der Waals surface area contributed by atoms with Gasteiger partial charge in [-0.25, -0.2) is 0 Å². The van der Waals surface area contributed by atoms with Crippen molar-refractivity contribution < 1.29 is 4.74 Å². The Bertz CT molecular complexity index is 629. The summed E-state index contributed by atoms with van der Waals surface area (Å²) in [4.78, 5) is 14.3. The molecule has 0 aliphatic rings. The number of H-pyrrole nitrogens is 1. The molecular weight excluding hydrogens is 306 g/mol. The van der Waals surface area contributed by atoms with Crippen LogP contribution in [0.25, 0.3) is 6.08 Å². The lowest BCUT2D eigenvalue weighted by Crippen LogP contribution is -2.09. The second-order valence-corrected chi connectivity index (χ2v) is 4.96. The van der Waals surface area contributed by atoms with E-state index in [2.05, 4.69) is 20.9 Å². The first kappa shape index (κ1) is 13.6. The molecule has 0 saturated carbocycles. The van der Waals surface area contributed by atoms with Crippen LogP contribution in [0.2, 0.25) is 0 Å². The number of pyridine rings is 1. The molecule has 0 amide bonds. The average Bonchev–Trinajstić information content (AvgIpc) is 2.42. The molecule has 1 N–H and O–H groups in total. The van der Waals surface area contributed by atoms with Gasteiger partial charge >= 0.3 is 0 Å². The molecule has 0 atom stereocenters. The number of hydrogen-bond donors (Lipinski definition) is 1. The fraction of sp³-hybridized carbons (Fsp3) is 0.133. The summed E-state index contributed by atoms with van der Waals surface area (Å²) in [7, 11) is 1.52. The Labute approximate surface area is 120 Å². The third-order valence-corrected chi connectivity index (χ3v) is 3.23. The largest absolute Gasteiger partial charge is 0.482 e. The average molecular weight is 320 g/mol. The highest BCUT2D eigenvalue weighted by Crippen LogP contribution is 2.11. The van der Waals surface area contributed by atoms with E-state index in [0.29, 0.717) is 11.4 Å². The summed E-state index contributed by atoms with van der Waals surface area (Å²) in [6.07, 6.45) is 4.58. The Hall–Kier alpha value is -1.81. The zero-order chi connectivity index (χ0) is 13.7. The van der Waals surface area contributed by atoms with Crippen molar-refractivity contribution in [2.45, 2.75) is 6.42 Å². The molecule has 0 aliphatic heterocycles. The van der Waals surface area contributed by atoms with Gasteiger partial charge in [0.15, 0.2) is 5.88 Å². The van der Waals surface area contributed by atoms with Crippen molar-refractivity contribution in [2.24, 2.45) is 0 Å². The third-order valence-electron chi connectivity index (χ3n) is 2.70. The first-order chi connectivity index (χ1) is 9.19. The minimum atomic E-state index is -0.147. The van der Waals surface area contributed by atoms with Crippen LogP contribution in [0.1, 0.15) is 11.1 Å². The van der Waals surface area contributed by atoms with Crippen LogP contribution >= 0.6 is 15.9 Å². The summed E-state index contributed by atoms with van der Waals surface area (Å²) in [5, 5.41) is 0. The standard InChI is InChI=1S/C15H14BrNO2/c1-19-14-10-7-12(15(18)17-14)4-2-3-11-5-8-13(16)9-6-11/h2,4-10H,3H2,1H3,(H,17,18)/b4-2+. The van der Waals surface area contributed by atoms with Crippen molar-refractivity contribution in [2.75, 3.05) is 7.11 Å². The number of hydrogen-bond acceptors (Lipinski definition) is 2. The van der Waals surface area contributed by atoms with E-state index in [1.54, 1.807) is 12.1 Å². The summed E-state index contributed by atoms with van der Waals surface area (Å²) < 4.78 is 6.01. The van der Waals surface area contributed by atoms with Crippen LogP contribution in [0.4, 0.5) is 0 Å². The smallest absolute Gasteiger partial charge is 0.257 e. The highest BCUT2D eigenvalue weighted by molar-refractivity contribution is 9.10. The first-order valence-electron chi connectivity index (χ1n) is 5.87. The van der Waals surface area contributed by atoms with Gasteiger partial charge in [0.2, 0.25) is 0 Å². The quantitative estimate of drug-likeness (QED) is 0.938. The molecule has 2 rings (SSSR count). The Balaban J connectivity index is 2.07. The predicted octanol–water partition coefficient (Wildman–Crippen LogP) is 3.40. The molecule has 0 fully saturated rings. The second kappa shape index (κ2) is 6.38. The number of benzene rings is 1. The van der Waals surface area contributed by atoms with Crippen LogP contribution in [-0.2, 0) is 6.42 Å². The van der Waals surface area contributed by atoms with Gasteiger partial charge in [0.05, 0.1) is 7.11 Å². The number of allylic oxidation sites excluding steroid dienone is 1. The van der Waals surface area contributed by atoms with Crippen molar-refractivity contribution in [3.8, 4) is 5.88 Å². The van der Waals surface area contributed by atoms with Crippen molar-refractivity contribution in [1.82, 2.24) is 4.98 Å². The molecule has 2 aromatic rings. The van der Waals surface area contributed by atoms with Crippen molar-refractivity contribution >= 4 is 22.0 Å². The van der Waals surface area contributed by atoms with Gasteiger partial charge in [-0.05, 0) is 36.2 Å². The second-order valence-electron chi connectivity index (χ2n) is 4.04. The zero-order valence-corrected chi connectivity index (χ0v) is 12.1. The third kappa shape index (κ3) is 3.83. The van der Waals surface area contributed by atoms with Crippen LogP contribution in [0, 0.1) is 0 Å². The molecule has 1 aromatic heterocycles. The molecule has 0 bridgehead atoms. The van der Waals surface area contributed by atoms with E-state index in [9.17, 15) is 4.79 Å². The maximum atomic E-state index is 11.7. The number of aromatic nitrogens is 1. The molecule has 19 heavy (non-hydrogen) atoms. The molecule has 4 heteroatoms. The van der Waals surface area contributed by atoms with Crippen molar-refractivity contribution in [1.29, 1.82) is 0 Å². The van der Waals surface area contributed by atoms with Crippen LogP contribution in [0.5, 0.6) is 5.88 Å². The number of nitrogens with one attached hydrogen (secondary N) is 1. The summed E-state index contributed by atoms with van der Waals surface area (Å²) in [5.74, 6) is 0.468. The van der Waals surface area contributed by atoms with E-state index in [0.717, 1.165) is 10.9 Å². The van der Waals surface area contributed by atoms with E-state index in [-0.39, 0.29) is 5.56 Å². The number of methoxy groups -OCH3 is 1. The number of rotatable bonds is 4. The molecule has 0 saturated heterocycles. The Morgan fingerprint density at radius 3 is 2.58 bits per heavy atom. The fourth-order valence-corrected chi connectivity index (χ4v) is 1.92. The lowest BCUT2D eigenvalue weighted by atomic mass is 10.1. The van der Waals surface area contributed by atoms with E-state index in [4.69, 9.17) is 4.74 Å². The van der Waals surface area contributed by atoms with Crippen LogP contribution < -0.4 is 10.3 Å². The van der Waals surface area contributed by atoms with Crippen molar-refractivity contribution in [3.63, 3.8) is 0 Å². The Kier molecular flexibility index (Phi) is 4.58. The maximum absolute atomic E-state index is 11.7. The molecule has 0 radical (unpaired) electrons. The maximum Gasteiger partial charge on any atom is 0.257 e. The van der Waals surface area contributed by atoms with Crippen LogP contribution in [0.3, 0.4) is 0 Å². The highest BCUT2D eigenvalue weighted by Gasteiger charge is 1.97. The van der Waals surface area contributed by atoms with E-state index >= 15 is 0 Å². The van der Waals surface area contributed by atoms with Crippen LogP contribution in [-0.4, -0.2) is 12.1 Å². The first-order valence-corrected chi connectivity index (χ1v) is 6.66. The minimum Gasteiger partial charge on any atom is -0.482 e. The van der Waals surface area contributed by atoms with Gasteiger partial charge in [-0.2, -0.15) is 0 Å². The van der Waals surface area contributed by atoms with Gasteiger partial charge in [-0.3, -0.25) is 9.78 Å². The molecule has 98 valence electrons. The summed E-state index contributed by atoms with van der Waals surface area (Å²) in [5.41, 5.74) is 1.67. The van der Waals surface area contributed by atoms with Crippen LogP contribution in [0.15, 0.2) is 51.7 Å². The molecule has 3 nitrogen and oxygen atoms in total. The molecule has 0 aliphatic carbocycles. The molecular formula is C15H14BrNO2. The summed E-state index contributed by atoms with van der Waals surface area (Å²) in [6, 6.07) is 11.6. The van der Waals surface area contributed by atoms with Crippen molar-refractivity contribution in [3.05, 3.63) is 68.4 Å². The predicted molar refractivity (Wildman–Crippen MR) is 80.5 cm³/mol. The van der Waals surface area contributed by atoms with E-state index in [1.165, 1.54) is 12.7 Å². The van der Waals surface area contributed by atoms with Gasteiger partial charge in [-0.1, -0.05) is 40.2 Å². The lowest BCUT2D eigenvalue weighted by molar-refractivity contribution is 0.396. The number of halogens is 1. The summed E-state index contributed by atoms with van der Waals surface area (Å²) in [6.45, 7) is 0. The van der Waals surface area contributed by atoms with Gasteiger partial charge in [0, 0.05) is 10.0 Å². The molecule has 1 heterocycles. The van der Waals surface area contributed by atoms with Gasteiger partial charge in [-0.15, -0.1) is 0 Å². The number of ether oxygens (including phenoxy) is 1.